The maximum Gasteiger partial charge on any atom is 0.335 e. The Labute approximate surface area is 122 Å². The van der Waals surface area contributed by atoms with Crippen LogP contribution in [0, 0.1) is 0 Å². The second kappa shape index (κ2) is 5.25. The smallest absolute Gasteiger partial charge is 0.335 e. The summed E-state index contributed by atoms with van der Waals surface area (Å²) in [6.45, 7) is 1.53. The zero-order valence-electron chi connectivity index (χ0n) is 11.4. The van der Waals surface area contributed by atoms with Gasteiger partial charge in [0.25, 0.3) is 0 Å². The second-order valence-corrected chi connectivity index (χ2v) is 4.66. The molecule has 0 spiro atoms. The summed E-state index contributed by atoms with van der Waals surface area (Å²) >= 11 is 0. The van der Waals surface area contributed by atoms with E-state index in [9.17, 15) is 9.90 Å². The average Bonchev–Trinajstić information content (AvgIpc) is 2.54. The maximum atomic E-state index is 11.3. The molecule has 0 unspecified atom stereocenters. The van der Waals surface area contributed by atoms with Gasteiger partial charge in [-0.2, -0.15) is 0 Å². The third-order valence-electron chi connectivity index (χ3n) is 3.25. The minimum atomic E-state index is -1.01. The summed E-state index contributed by atoms with van der Waals surface area (Å²) in [5, 5.41) is 9.24. The summed E-state index contributed by atoms with van der Waals surface area (Å²) in [6, 6.07) is 16.8. The van der Waals surface area contributed by atoms with E-state index in [0.29, 0.717) is 22.9 Å². The summed E-state index contributed by atoms with van der Waals surface area (Å²) in [4.78, 5) is 15.7. The SMILES string of the molecule is C/C(C(=O)O)=C1\OC(c2ccccc2)=Nc2ccccc21. The van der Waals surface area contributed by atoms with Crippen molar-refractivity contribution in [2.45, 2.75) is 6.92 Å². The lowest BCUT2D eigenvalue weighted by molar-refractivity contribution is -0.132. The third-order valence-corrected chi connectivity index (χ3v) is 3.25. The Morgan fingerprint density at radius 2 is 1.71 bits per heavy atom. The van der Waals surface area contributed by atoms with Gasteiger partial charge in [-0.3, -0.25) is 0 Å². The molecule has 1 heterocycles. The van der Waals surface area contributed by atoms with E-state index in [1.54, 1.807) is 0 Å². The highest BCUT2D eigenvalue weighted by molar-refractivity contribution is 6.05. The second-order valence-electron chi connectivity index (χ2n) is 4.66. The van der Waals surface area contributed by atoms with Crippen LogP contribution in [0.1, 0.15) is 18.1 Å². The summed E-state index contributed by atoms with van der Waals surface area (Å²) in [6.07, 6.45) is 0. The number of hydrogen-bond acceptors (Lipinski definition) is 3. The fourth-order valence-corrected chi connectivity index (χ4v) is 2.13. The Bertz CT molecular complexity index is 761. The molecule has 0 bridgehead atoms. The Morgan fingerprint density at radius 1 is 1.05 bits per heavy atom. The molecule has 4 nitrogen and oxygen atoms in total. The normalized spacial score (nSPS) is 15.6. The number of fused-ring (bicyclic) bond motifs is 1. The van der Waals surface area contributed by atoms with E-state index < -0.39 is 5.97 Å². The molecule has 0 atom stereocenters. The van der Waals surface area contributed by atoms with Crippen LogP contribution in [0.5, 0.6) is 0 Å². The lowest BCUT2D eigenvalue weighted by Crippen LogP contribution is -2.13. The molecule has 0 fully saturated rings. The molecule has 0 aliphatic carbocycles. The van der Waals surface area contributed by atoms with Crippen LogP contribution < -0.4 is 0 Å². The van der Waals surface area contributed by atoms with Crippen LogP contribution >= 0.6 is 0 Å². The first-order valence-corrected chi connectivity index (χ1v) is 6.52. The number of carboxylic acids is 1. The van der Waals surface area contributed by atoms with Gasteiger partial charge in [-0.15, -0.1) is 0 Å². The minimum Gasteiger partial charge on any atom is -0.478 e. The lowest BCUT2D eigenvalue weighted by atomic mass is 10.1. The summed E-state index contributed by atoms with van der Waals surface area (Å²) in [5.74, 6) is -0.258. The van der Waals surface area contributed by atoms with Crippen molar-refractivity contribution >= 4 is 23.3 Å². The van der Waals surface area contributed by atoms with E-state index in [1.165, 1.54) is 6.92 Å². The van der Waals surface area contributed by atoms with Gasteiger partial charge >= 0.3 is 5.97 Å². The standard InChI is InChI=1S/C17H13NO3/c1-11(17(19)20)15-13-9-5-6-10-14(13)18-16(21-15)12-7-3-2-4-8-12/h2-10H,1H3,(H,19,20)/b15-11+. The first-order chi connectivity index (χ1) is 10.2. The molecule has 3 rings (SSSR count). The van der Waals surface area contributed by atoms with Crippen molar-refractivity contribution in [1.82, 2.24) is 0 Å². The number of carboxylic acid groups (broad SMARTS) is 1. The summed E-state index contributed by atoms with van der Waals surface area (Å²) in [5.41, 5.74) is 2.36. The van der Waals surface area contributed by atoms with Gasteiger partial charge in [0, 0.05) is 11.1 Å². The minimum absolute atomic E-state index is 0.158. The van der Waals surface area contributed by atoms with Crippen molar-refractivity contribution in [3.63, 3.8) is 0 Å². The molecule has 2 aromatic carbocycles. The van der Waals surface area contributed by atoms with Gasteiger partial charge in [-0.25, -0.2) is 9.79 Å². The van der Waals surface area contributed by atoms with Crippen molar-refractivity contribution in [1.29, 1.82) is 0 Å². The number of para-hydroxylation sites is 1. The summed E-state index contributed by atoms with van der Waals surface area (Å²) in [7, 11) is 0. The van der Waals surface area contributed by atoms with E-state index >= 15 is 0 Å². The van der Waals surface area contributed by atoms with Gasteiger partial charge in [0.15, 0.2) is 0 Å². The quantitative estimate of drug-likeness (QED) is 0.854. The Kier molecular flexibility index (Phi) is 3.28. The van der Waals surface area contributed by atoms with E-state index in [-0.39, 0.29) is 5.57 Å². The number of benzene rings is 2. The molecule has 0 saturated carbocycles. The summed E-state index contributed by atoms with van der Waals surface area (Å²) < 4.78 is 5.77. The van der Waals surface area contributed by atoms with E-state index in [0.717, 1.165) is 5.56 Å². The molecule has 1 N–H and O–H groups in total. The highest BCUT2D eigenvalue weighted by atomic mass is 16.5. The van der Waals surface area contributed by atoms with Crippen molar-refractivity contribution in [2.75, 3.05) is 0 Å². The van der Waals surface area contributed by atoms with Crippen LogP contribution in [0.2, 0.25) is 0 Å². The van der Waals surface area contributed by atoms with E-state index in [2.05, 4.69) is 4.99 Å². The highest BCUT2D eigenvalue weighted by Crippen LogP contribution is 2.35. The molecule has 4 heteroatoms. The van der Waals surface area contributed by atoms with Crippen LogP contribution in [0.4, 0.5) is 5.69 Å². The van der Waals surface area contributed by atoms with Gasteiger partial charge < -0.3 is 9.84 Å². The van der Waals surface area contributed by atoms with Crippen molar-refractivity contribution in [3.8, 4) is 0 Å². The molecule has 0 amide bonds. The topological polar surface area (TPSA) is 58.9 Å². The van der Waals surface area contributed by atoms with E-state index in [1.807, 2.05) is 54.6 Å². The number of hydrogen-bond donors (Lipinski definition) is 1. The Morgan fingerprint density at radius 3 is 2.43 bits per heavy atom. The molecule has 0 radical (unpaired) electrons. The lowest BCUT2D eigenvalue weighted by Gasteiger charge is -2.20. The third kappa shape index (κ3) is 2.43. The molecule has 0 saturated heterocycles. The first kappa shape index (κ1) is 13.1. The molecule has 2 aromatic rings. The number of aliphatic imine (C=N–C) groups is 1. The van der Waals surface area contributed by atoms with Crippen LogP contribution in [0.3, 0.4) is 0 Å². The van der Waals surface area contributed by atoms with Gasteiger partial charge in [-0.05, 0) is 31.2 Å². The predicted molar refractivity (Wildman–Crippen MR) is 80.4 cm³/mol. The molecule has 1 aliphatic heterocycles. The van der Waals surface area contributed by atoms with Crippen LogP contribution in [-0.2, 0) is 9.53 Å². The van der Waals surface area contributed by atoms with Gasteiger partial charge in [0.2, 0.25) is 5.90 Å². The Hall–Kier alpha value is -2.88. The zero-order chi connectivity index (χ0) is 14.8. The fraction of sp³-hybridized carbons (Fsp3) is 0.0588. The zero-order valence-corrected chi connectivity index (χ0v) is 11.4. The maximum absolute atomic E-state index is 11.3. The first-order valence-electron chi connectivity index (χ1n) is 6.52. The molecular weight excluding hydrogens is 266 g/mol. The van der Waals surface area contributed by atoms with Gasteiger partial charge in [-0.1, -0.05) is 30.3 Å². The number of nitrogens with zero attached hydrogens (tertiary/aromatic N) is 1. The molecule has 21 heavy (non-hydrogen) atoms. The molecular formula is C17H13NO3. The number of carbonyl (C=O) groups is 1. The molecule has 1 aliphatic rings. The van der Waals surface area contributed by atoms with Gasteiger partial charge in [0.1, 0.15) is 5.76 Å². The number of rotatable bonds is 2. The molecule has 0 aromatic heterocycles. The fourth-order valence-electron chi connectivity index (χ4n) is 2.13. The molecule has 104 valence electrons. The van der Waals surface area contributed by atoms with Crippen molar-refractivity contribution in [3.05, 3.63) is 71.3 Å². The van der Waals surface area contributed by atoms with E-state index in [4.69, 9.17) is 4.74 Å². The van der Waals surface area contributed by atoms with Crippen molar-refractivity contribution < 1.29 is 14.6 Å². The number of ether oxygens (including phenoxy) is 1. The van der Waals surface area contributed by atoms with Crippen LogP contribution in [0.25, 0.3) is 5.76 Å². The monoisotopic (exact) mass is 279 g/mol. The van der Waals surface area contributed by atoms with Crippen molar-refractivity contribution in [2.24, 2.45) is 4.99 Å². The predicted octanol–water partition coefficient (Wildman–Crippen LogP) is 3.61. The van der Waals surface area contributed by atoms with Crippen LogP contribution in [-0.4, -0.2) is 17.0 Å². The average molecular weight is 279 g/mol. The number of aliphatic carboxylic acids is 1. The Balaban J connectivity index is 2.19. The van der Waals surface area contributed by atoms with Crippen LogP contribution in [0.15, 0.2) is 65.2 Å². The highest BCUT2D eigenvalue weighted by Gasteiger charge is 2.23. The largest absolute Gasteiger partial charge is 0.478 e. The van der Waals surface area contributed by atoms with Gasteiger partial charge in [0.05, 0.1) is 11.3 Å².